The van der Waals surface area contributed by atoms with Crippen LogP contribution in [0, 0.1) is 5.41 Å². The lowest BCUT2D eigenvalue weighted by atomic mass is 9.92. The predicted molar refractivity (Wildman–Crippen MR) is 116 cm³/mol. The Labute approximate surface area is 179 Å². The van der Waals surface area contributed by atoms with Crippen LogP contribution < -0.4 is 11.0 Å². The Bertz CT molecular complexity index is 1110. The molecule has 3 N–H and O–H groups in total. The second-order valence-corrected chi connectivity index (χ2v) is 8.03. The zero-order chi connectivity index (χ0) is 21.8. The van der Waals surface area contributed by atoms with Crippen molar-refractivity contribution >= 4 is 11.9 Å². The molecule has 2 aromatic carbocycles. The molecule has 1 atom stereocenters. The van der Waals surface area contributed by atoms with E-state index in [0.29, 0.717) is 25.7 Å². The molecule has 0 saturated heterocycles. The zero-order valence-electron chi connectivity index (χ0n) is 16.9. The van der Waals surface area contributed by atoms with Gasteiger partial charge in [0.2, 0.25) is 0 Å². The molecule has 7 heteroatoms. The summed E-state index contributed by atoms with van der Waals surface area (Å²) in [5.41, 5.74) is 2.13. The lowest BCUT2D eigenvalue weighted by molar-refractivity contribution is -0.143. The summed E-state index contributed by atoms with van der Waals surface area (Å²) in [4.78, 5) is 41.5. The molecule has 158 valence electrons. The van der Waals surface area contributed by atoms with Crippen molar-refractivity contribution in [2.75, 3.05) is 0 Å². The summed E-state index contributed by atoms with van der Waals surface area (Å²) < 4.78 is 0. The fraction of sp³-hybridized carbons (Fsp3) is 0.250. The molecule has 1 saturated carbocycles. The van der Waals surface area contributed by atoms with Gasteiger partial charge in [0.25, 0.3) is 5.91 Å². The quantitative estimate of drug-likeness (QED) is 0.522. The Morgan fingerprint density at radius 2 is 1.74 bits per heavy atom. The van der Waals surface area contributed by atoms with Crippen LogP contribution in [0.25, 0.3) is 11.1 Å². The number of carboxylic acids is 1. The third-order valence-corrected chi connectivity index (χ3v) is 5.76. The van der Waals surface area contributed by atoms with Gasteiger partial charge in [-0.25, -0.2) is 9.78 Å². The Balaban J connectivity index is 1.51. The zero-order valence-corrected chi connectivity index (χ0v) is 16.9. The molecule has 1 aliphatic carbocycles. The minimum atomic E-state index is -0.822. The number of amides is 1. The molecule has 7 nitrogen and oxygen atoms in total. The number of carbonyl (C=O) groups is 2. The first-order valence-electron chi connectivity index (χ1n) is 10.2. The van der Waals surface area contributed by atoms with Gasteiger partial charge >= 0.3 is 11.7 Å². The number of hydrogen-bond donors (Lipinski definition) is 3. The van der Waals surface area contributed by atoms with Crippen LogP contribution in [-0.2, 0) is 11.2 Å². The van der Waals surface area contributed by atoms with Gasteiger partial charge < -0.3 is 15.4 Å². The molecule has 4 rings (SSSR count). The van der Waals surface area contributed by atoms with Crippen LogP contribution in [0.5, 0.6) is 0 Å². The molecular weight excluding hydrogens is 394 g/mol. The van der Waals surface area contributed by atoms with Crippen molar-refractivity contribution in [1.29, 1.82) is 0 Å². The molecule has 1 amide bonds. The third-order valence-electron chi connectivity index (χ3n) is 5.76. The van der Waals surface area contributed by atoms with E-state index < -0.39 is 23.0 Å². The second kappa shape index (κ2) is 8.55. The van der Waals surface area contributed by atoms with Gasteiger partial charge in [-0.05, 0) is 42.4 Å². The first-order chi connectivity index (χ1) is 14.9. The van der Waals surface area contributed by atoms with E-state index in [1.54, 1.807) is 0 Å². The Morgan fingerprint density at radius 3 is 2.32 bits per heavy atom. The van der Waals surface area contributed by atoms with Crippen LogP contribution in [-0.4, -0.2) is 33.0 Å². The average molecular weight is 417 g/mol. The van der Waals surface area contributed by atoms with Gasteiger partial charge in [0.15, 0.2) is 0 Å². The van der Waals surface area contributed by atoms with Crippen LogP contribution >= 0.6 is 0 Å². The molecule has 0 unspecified atom stereocenters. The largest absolute Gasteiger partial charge is 0.481 e. The molecule has 1 aliphatic rings. The van der Waals surface area contributed by atoms with Gasteiger partial charge in [0.05, 0.1) is 11.0 Å². The average Bonchev–Trinajstić information content (AvgIpc) is 3.56. The maximum atomic E-state index is 12.7. The number of aromatic amines is 1. The molecular formula is C24H23N3O4. The van der Waals surface area contributed by atoms with Crippen molar-refractivity contribution in [1.82, 2.24) is 15.3 Å². The Hall–Kier alpha value is -3.74. The van der Waals surface area contributed by atoms with E-state index in [-0.39, 0.29) is 11.6 Å². The summed E-state index contributed by atoms with van der Waals surface area (Å²) in [5.74, 6) is -1.22. The highest BCUT2D eigenvalue weighted by Gasteiger charge is 2.51. The van der Waals surface area contributed by atoms with E-state index in [1.807, 2.05) is 54.6 Å². The van der Waals surface area contributed by atoms with Gasteiger partial charge in [-0.1, -0.05) is 54.6 Å². The number of carbonyl (C=O) groups excluding carboxylic acids is 1. The number of H-pyrrole nitrogens is 1. The summed E-state index contributed by atoms with van der Waals surface area (Å²) in [6, 6.07) is 17.7. The normalized spacial score (nSPS) is 15.1. The van der Waals surface area contributed by atoms with Crippen molar-refractivity contribution in [2.24, 2.45) is 5.41 Å². The van der Waals surface area contributed by atoms with E-state index in [1.165, 1.54) is 12.4 Å². The smallest absolute Gasteiger partial charge is 0.344 e. The lowest BCUT2D eigenvalue weighted by Gasteiger charge is -2.22. The number of benzene rings is 2. The summed E-state index contributed by atoms with van der Waals surface area (Å²) in [7, 11) is 0. The number of aromatic nitrogens is 2. The maximum absolute atomic E-state index is 12.7. The van der Waals surface area contributed by atoms with Crippen LogP contribution in [0.3, 0.4) is 0 Å². The molecule has 0 spiro atoms. The number of hydrogen-bond acceptors (Lipinski definition) is 4. The van der Waals surface area contributed by atoms with E-state index in [0.717, 1.165) is 16.7 Å². The summed E-state index contributed by atoms with van der Waals surface area (Å²) >= 11 is 0. The van der Waals surface area contributed by atoms with Gasteiger partial charge in [-0.2, -0.15) is 0 Å². The number of carboxylic acid groups (broad SMARTS) is 1. The standard InChI is InChI=1S/C24H23N3O4/c28-21(19-14-25-23(31)26-15-19)27-20(13-24(10-11-24)22(29)30)12-16-6-8-18(9-7-16)17-4-2-1-3-5-17/h1-9,14-15,20H,10-13H2,(H,27,28)(H,29,30)(H,25,26,31)/t20-/m0/s1. The van der Waals surface area contributed by atoms with E-state index >= 15 is 0 Å². The highest BCUT2D eigenvalue weighted by atomic mass is 16.4. The predicted octanol–water partition coefficient (Wildman–Crippen LogP) is 3.03. The Kier molecular flexibility index (Phi) is 5.66. The SMILES string of the molecule is O=C(N[C@@H](Cc1ccc(-c2ccccc2)cc1)CC1(C(=O)O)CC1)c1cnc(=O)[nH]c1. The Morgan fingerprint density at radius 1 is 1.06 bits per heavy atom. The molecule has 0 radical (unpaired) electrons. The summed E-state index contributed by atoms with van der Waals surface area (Å²) in [6.45, 7) is 0. The van der Waals surface area contributed by atoms with Crippen molar-refractivity contribution in [3.05, 3.63) is 88.6 Å². The van der Waals surface area contributed by atoms with Gasteiger partial charge in [-0.3, -0.25) is 9.59 Å². The van der Waals surface area contributed by atoms with Crippen molar-refractivity contribution in [3.8, 4) is 11.1 Å². The van der Waals surface area contributed by atoms with Crippen molar-refractivity contribution in [3.63, 3.8) is 0 Å². The number of nitrogens with zero attached hydrogens (tertiary/aromatic N) is 1. The highest BCUT2D eigenvalue weighted by molar-refractivity contribution is 5.93. The van der Waals surface area contributed by atoms with E-state index in [4.69, 9.17) is 0 Å². The monoisotopic (exact) mass is 417 g/mol. The van der Waals surface area contributed by atoms with Crippen LogP contribution in [0.4, 0.5) is 0 Å². The van der Waals surface area contributed by atoms with Crippen molar-refractivity contribution in [2.45, 2.75) is 31.7 Å². The fourth-order valence-electron chi connectivity index (χ4n) is 3.79. The minimum Gasteiger partial charge on any atom is -0.481 e. The fourth-order valence-corrected chi connectivity index (χ4v) is 3.79. The molecule has 31 heavy (non-hydrogen) atoms. The molecule has 1 aromatic heterocycles. The summed E-state index contributed by atoms with van der Waals surface area (Å²) in [5, 5.41) is 12.5. The molecule has 0 aliphatic heterocycles. The molecule has 1 fully saturated rings. The van der Waals surface area contributed by atoms with Crippen LogP contribution in [0.2, 0.25) is 0 Å². The highest BCUT2D eigenvalue weighted by Crippen LogP contribution is 2.50. The first kappa shape index (κ1) is 20.5. The number of aliphatic carboxylic acids is 1. The number of rotatable bonds is 8. The molecule has 3 aromatic rings. The third kappa shape index (κ3) is 4.88. The number of nitrogens with one attached hydrogen (secondary N) is 2. The van der Waals surface area contributed by atoms with E-state index in [9.17, 15) is 19.5 Å². The topological polar surface area (TPSA) is 112 Å². The van der Waals surface area contributed by atoms with Crippen LogP contribution in [0.1, 0.15) is 35.2 Å². The van der Waals surface area contributed by atoms with Gasteiger partial charge in [0.1, 0.15) is 0 Å². The van der Waals surface area contributed by atoms with Crippen molar-refractivity contribution < 1.29 is 14.7 Å². The van der Waals surface area contributed by atoms with Gasteiger partial charge in [0, 0.05) is 18.4 Å². The second-order valence-electron chi connectivity index (χ2n) is 8.03. The lowest BCUT2D eigenvalue weighted by Crippen LogP contribution is -2.40. The molecule has 1 heterocycles. The van der Waals surface area contributed by atoms with Crippen LogP contribution in [0.15, 0.2) is 71.8 Å². The molecule has 0 bridgehead atoms. The summed E-state index contributed by atoms with van der Waals surface area (Å²) in [6.07, 6.45) is 4.60. The van der Waals surface area contributed by atoms with E-state index in [2.05, 4.69) is 15.3 Å². The van der Waals surface area contributed by atoms with Gasteiger partial charge in [-0.15, -0.1) is 0 Å². The first-order valence-corrected chi connectivity index (χ1v) is 10.2. The maximum Gasteiger partial charge on any atom is 0.344 e. The minimum absolute atomic E-state index is 0.226.